The highest BCUT2D eigenvalue weighted by molar-refractivity contribution is 9.10. The zero-order chi connectivity index (χ0) is 14.9. The van der Waals surface area contributed by atoms with Crippen LogP contribution in [0.1, 0.15) is 11.1 Å². The first-order chi connectivity index (χ1) is 9.28. The monoisotopic (exact) mass is 357 g/mol. The van der Waals surface area contributed by atoms with Gasteiger partial charge in [0.05, 0.1) is 10.6 Å². The number of benzene rings is 2. The minimum Gasteiger partial charge on any atom is -0.280 e. The van der Waals surface area contributed by atoms with Crippen molar-refractivity contribution in [3.63, 3.8) is 0 Å². The van der Waals surface area contributed by atoms with Crippen LogP contribution in [0, 0.1) is 19.7 Å². The van der Waals surface area contributed by atoms with E-state index in [0.717, 1.165) is 6.07 Å². The number of sulfonamides is 1. The van der Waals surface area contributed by atoms with Gasteiger partial charge in [-0.1, -0.05) is 22.0 Å². The van der Waals surface area contributed by atoms with Crippen molar-refractivity contribution in [2.24, 2.45) is 0 Å². The first-order valence-corrected chi connectivity index (χ1v) is 8.12. The second kappa shape index (κ2) is 5.54. The number of hydrogen-bond acceptors (Lipinski definition) is 2. The van der Waals surface area contributed by atoms with E-state index in [-0.39, 0.29) is 10.6 Å². The van der Waals surface area contributed by atoms with Gasteiger partial charge in [0.2, 0.25) is 0 Å². The Morgan fingerprint density at radius 3 is 2.45 bits per heavy atom. The predicted molar refractivity (Wildman–Crippen MR) is 80.8 cm³/mol. The summed E-state index contributed by atoms with van der Waals surface area (Å²) in [6.07, 6.45) is 0. The lowest BCUT2D eigenvalue weighted by atomic mass is 10.2. The molecule has 1 N–H and O–H groups in total. The van der Waals surface area contributed by atoms with Crippen LogP contribution in [0.25, 0.3) is 0 Å². The van der Waals surface area contributed by atoms with E-state index in [1.165, 1.54) is 12.1 Å². The van der Waals surface area contributed by atoms with Gasteiger partial charge in [0.15, 0.2) is 0 Å². The Morgan fingerprint density at radius 2 is 1.80 bits per heavy atom. The predicted octanol–water partition coefficient (Wildman–Crippen LogP) is 4.01. The maximum Gasteiger partial charge on any atom is 0.262 e. The third-order valence-electron chi connectivity index (χ3n) is 2.73. The van der Waals surface area contributed by atoms with Gasteiger partial charge in [0.1, 0.15) is 5.82 Å². The maximum atomic E-state index is 13.3. The molecule has 0 spiro atoms. The molecule has 0 saturated carbocycles. The van der Waals surface area contributed by atoms with Crippen molar-refractivity contribution in [2.45, 2.75) is 18.7 Å². The number of nitrogens with one attached hydrogen (secondary N) is 1. The Bertz CT molecular complexity index is 740. The molecule has 106 valence electrons. The molecule has 20 heavy (non-hydrogen) atoms. The van der Waals surface area contributed by atoms with Gasteiger partial charge in [-0.05, 0) is 55.3 Å². The average molecular weight is 358 g/mol. The zero-order valence-electron chi connectivity index (χ0n) is 10.9. The highest BCUT2D eigenvalue weighted by Crippen LogP contribution is 2.24. The number of anilines is 1. The van der Waals surface area contributed by atoms with Crippen LogP contribution in [0.2, 0.25) is 0 Å². The summed E-state index contributed by atoms with van der Waals surface area (Å²) in [5.41, 5.74) is 1.48. The van der Waals surface area contributed by atoms with Gasteiger partial charge in [-0.25, -0.2) is 12.8 Å². The van der Waals surface area contributed by atoms with Gasteiger partial charge >= 0.3 is 0 Å². The van der Waals surface area contributed by atoms with Crippen LogP contribution >= 0.6 is 15.9 Å². The first kappa shape index (κ1) is 15.0. The van der Waals surface area contributed by atoms with E-state index < -0.39 is 15.8 Å². The quantitative estimate of drug-likeness (QED) is 0.901. The van der Waals surface area contributed by atoms with E-state index in [9.17, 15) is 12.8 Å². The zero-order valence-corrected chi connectivity index (χ0v) is 13.3. The van der Waals surface area contributed by atoms with Crippen molar-refractivity contribution in [3.8, 4) is 0 Å². The summed E-state index contributed by atoms with van der Waals surface area (Å²) in [5.74, 6) is -0.478. The molecule has 0 aliphatic rings. The molecule has 2 rings (SSSR count). The SMILES string of the molecule is Cc1cc(F)cc(NS(=O)(=O)c2cc(Br)ccc2C)c1. The fourth-order valence-electron chi connectivity index (χ4n) is 1.87. The number of hydrogen-bond donors (Lipinski definition) is 1. The normalized spacial score (nSPS) is 11.4. The van der Waals surface area contributed by atoms with Crippen molar-refractivity contribution >= 4 is 31.6 Å². The van der Waals surface area contributed by atoms with Crippen LogP contribution in [0.3, 0.4) is 0 Å². The van der Waals surface area contributed by atoms with Crippen molar-refractivity contribution in [2.75, 3.05) is 4.72 Å². The van der Waals surface area contributed by atoms with Gasteiger partial charge in [-0.2, -0.15) is 0 Å². The Hall–Kier alpha value is -1.40. The molecule has 6 heteroatoms. The van der Waals surface area contributed by atoms with Gasteiger partial charge in [0.25, 0.3) is 10.0 Å². The lowest BCUT2D eigenvalue weighted by Crippen LogP contribution is -2.14. The molecule has 0 atom stereocenters. The third kappa shape index (κ3) is 3.37. The van der Waals surface area contributed by atoms with E-state index in [1.807, 2.05) is 0 Å². The smallest absolute Gasteiger partial charge is 0.262 e. The van der Waals surface area contributed by atoms with Crippen LogP contribution in [0.4, 0.5) is 10.1 Å². The van der Waals surface area contributed by atoms with Crippen LogP contribution in [-0.2, 0) is 10.0 Å². The standard InChI is InChI=1S/C14H13BrFNO2S/c1-9-5-12(16)8-13(6-9)17-20(18,19)14-7-11(15)4-3-10(14)2/h3-8,17H,1-2H3. The molecule has 0 saturated heterocycles. The minimum atomic E-state index is -3.75. The first-order valence-electron chi connectivity index (χ1n) is 5.84. The van der Waals surface area contributed by atoms with E-state index in [1.54, 1.807) is 32.0 Å². The topological polar surface area (TPSA) is 46.2 Å². The Labute approximate surface area is 126 Å². The second-order valence-electron chi connectivity index (χ2n) is 4.53. The molecular formula is C14H13BrFNO2S. The molecule has 2 aromatic rings. The molecule has 2 aromatic carbocycles. The van der Waals surface area contributed by atoms with E-state index >= 15 is 0 Å². The average Bonchev–Trinajstić information content (AvgIpc) is 2.30. The summed E-state index contributed by atoms with van der Waals surface area (Å²) in [5, 5.41) is 0. The molecule has 0 aromatic heterocycles. The Balaban J connectivity index is 2.43. The van der Waals surface area contributed by atoms with Crippen LogP contribution in [0.15, 0.2) is 45.8 Å². The molecule has 0 heterocycles. The number of rotatable bonds is 3. The van der Waals surface area contributed by atoms with Crippen LogP contribution in [0.5, 0.6) is 0 Å². The van der Waals surface area contributed by atoms with Crippen molar-refractivity contribution in [1.29, 1.82) is 0 Å². The summed E-state index contributed by atoms with van der Waals surface area (Å²) in [6.45, 7) is 3.41. The van der Waals surface area contributed by atoms with Crippen LogP contribution in [-0.4, -0.2) is 8.42 Å². The largest absolute Gasteiger partial charge is 0.280 e. The fourth-order valence-corrected chi connectivity index (χ4v) is 3.69. The number of aryl methyl sites for hydroxylation is 2. The van der Waals surface area contributed by atoms with E-state index in [4.69, 9.17) is 0 Å². The molecular weight excluding hydrogens is 345 g/mol. The highest BCUT2D eigenvalue weighted by atomic mass is 79.9. The summed E-state index contributed by atoms with van der Waals surface area (Å²) < 4.78 is 41.1. The maximum absolute atomic E-state index is 13.3. The lowest BCUT2D eigenvalue weighted by molar-refractivity contribution is 0.600. The molecule has 0 fully saturated rings. The second-order valence-corrected chi connectivity index (χ2v) is 7.10. The van der Waals surface area contributed by atoms with Gasteiger partial charge in [-0.3, -0.25) is 4.72 Å². The minimum absolute atomic E-state index is 0.161. The van der Waals surface area contributed by atoms with Crippen molar-refractivity contribution < 1.29 is 12.8 Å². The highest BCUT2D eigenvalue weighted by Gasteiger charge is 2.17. The van der Waals surface area contributed by atoms with Gasteiger partial charge in [-0.15, -0.1) is 0 Å². The fraction of sp³-hybridized carbons (Fsp3) is 0.143. The lowest BCUT2D eigenvalue weighted by Gasteiger charge is -2.11. The molecule has 3 nitrogen and oxygen atoms in total. The summed E-state index contributed by atoms with van der Waals surface area (Å²) >= 11 is 3.25. The number of halogens is 2. The van der Waals surface area contributed by atoms with Crippen molar-refractivity contribution in [3.05, 3.63) is 57.8 Å². The summed E-state index contributed by atoms with van der Waals surface area (Å²) in [7, 11) is -3.75. The van der Waals surface area contributed by atoms with Crippen molar-refractivity contribution in [1.82, 2.24) is 0 Å². The molecule has 0 unspecified atom stereocenters. The molecule has 0 radical (unpaired) electrons. The van der Waals surface area contributed by atoms with E-state index in [0.29, 0.717) is 15.6 Å². The molecule has 0 aliphatic heterocycles. The Kier molecular flexibility index (Phi) is 4.15. The van der Waals surface area contributed by atoms with E-state index in [2.05, 4.69) is 20.7 Å². The third-order valence-corrected chi connectivity index (χ3v) is 4.75. The van der Waals surface area contributed by atoms with Crippen LogP contribution < -0.4 is 4.72 Å². The van der Waals surface area contributed by atoms with Gasteiger partial charge in [0, 0.05) is 4.47 Å². The molecule has 0 aliphatic carbocycles. The molecule has 0 amide bonds. The molecule has 0 bridgehead atoms. The Morgan fingerprint density at radius 1 is 1.10 bits per heavy atom. The summed E-state index contributed by atoms with van der Waals surface area (Å²) in [4.78, 5) is 0.161. The summed E-state index contributed by atoms with van der Waals surface area (Å²) in [6, 6.07) is 9.05. The van der Waals surface area contributed by atoms with Gasteiger partial charge < -0.3 is 0 Å².